The van der Waals surface area contributed by atoms with Gasteiger partial charge in [0, 0.05) is 43.7 Å². The van der Waals surface area contributed by atoms with Crippen molar-refractivity contribution in [2.45, 2.75) is 31.9 Å². The Balaban J connectivity index is 1.31. The van der Waals surface area contributed by atoms with Gasteiger partial charge in [0.2, 0.25) is 0 Å². The zero-order chi connectivity index (χ0) is 15.6. The van der Waals surface area contributed by atoms with E-state index in [0.717, 1.165) is 38.3 Å². The number of benzene rings is 1. The number of fused-ring (bicyclic) bond motifs is 1. The van der Waals surface area contributed by atoms with Gasteiger partial charge in [0.15, 0.2) is 5.13 Å². The number of thiazole rings is 1. The Morgan fingerprint density at radius 3 is 2.96 bits per heavy atom. The molecule has 0 radical (unpaired) electrons. The number of ether oxygens (including phenoxy) is 1. The number of aromatic nitrogens is 1. The molecule has 0 aliphatic carbocycles. The summed E-state index contributed by atoms with van der Waals surface area (Å²) in [5.41, 5.74) is 1.33. The van der Waals surface area contributed by atoms with Crippen molar-refractivity contribution in [2.75, 3.05) is 31.6 Å². The summed E-state index contributed by atoms with van der Waals surface area (Å²) in [5, 5.41) is 1.19. The molecule has 1 atom stereocenters. The van der Waals surface area contributed by atoms with Crippen molar-refractivity contribution in [2.24, 2.45) is 0 Å². The fourth-order valence-corrected chi connectivity index (χ4v) is 4.50. The molecule has 2 aliphatic heterocycles. The molecule has 23 heavy (non-hydrogen) atoms. The maximum Gasteiger partial charge on any atom is 0.185 e. The minimum atomic E-state index is 0.267. The third-order valence-electron chi connectivity index (χ3n) is 4.57. The summed E-state index contributed by atoms with van der Waals surface area (Å²) < 4.78 is 6.04. The van der Waals surface area contributed by atoms with Crippen LogP contribution in [0.5, 0.6) is 5.75 Å². The molecule has 122 valence electrons. The van der Waals surface area contributed by atoms with E-state index in [1.807, 2.05) is 23.6 Å². The van der Waals surface area contributed by atoms with Crippen LogP contribution in [0.4, 0.5) is 5.13 Å². The molecule has 0 amide bonds. The Kier molecular flexibility index (Phi) is 4.23. The molecule has 1 saturated heterocycles. The smallest absolute Gasteiger partial charge is 0.185 e. The topological polar surface area (TPSA) is 28.6 Å². The molecule has 2 aromatic rings. The van der Waals surface area contributed by atoms with E-state index in [0.29, 0.717) is 0 Å². The van der Waals surface area contributed by atoms with Gasteiger partial charge in [0.1, 0.15) is 11.9 Å². The first-order valence-corrected chi connectivity index (χ1v) is 9.22. The van der Waals surface area contributed by atoms with Gasteiger partial charge < -0.3 is 9.64 Å². The summed E-state index contributed by atoms with van der Waals surface area (Å²) >= 11 is 1.84. The van der Waals surface area contributed by atoms with Gasteiger partial charge in [-0.1, -0.05) is 18.2 Å². The lowest BCUT2D eigenvalue weighted by atomic mass is 10.1. The summed E-state index contributed by atoms with van der Waals surface area (Å²) in [6.07, 6.45) is 5.92. The molecule has 1 fully saturated rings. The SMILES string of the molecule is CN(Cc1cnc(N2CCCC2)s1)C[C@H]1Cc2ccccc2O1. The normalized spacial score (nSPS) is 20.1. The van der Waals surface area contributed by atoms with E-state index in [-0.39, 0.29) is 6.10 Å². The van der Waals surface area contributed by atoms with Crippen LogP contribution in [0.15, 0.2) is 30.5 Å². The number of para-hydroxylation sites is 1. The van der Waals surface area contributed by atoms with Gasteiger partial charge in [-0.2, -0.15) is 0 Å². The van der Waals surface area contributed by atoms with Gasteiger partial charge >= 0.3 is 0 Å². The van der Waals surface area contributed by atoms with Crippen LogP contribution in [0.3, 0.4) is 0 Å². The molecule has 0 unspecified atom stereocenters. The molecule has 1 aromatic heterocycles. The minimum Gasteiger partial charge on any atom is -0.488 e. The first-order chi connectivity index (χ1) is 11.3. The Hall–Kier alpha value is -1.59. The molecule has 2 aliphatic rings. The average Bonchev–Trinajstić information content (AvgIpc) is 3.26. The van der Waals surface area contributed by atoms with E-state index in [2.05, 4.69) is 40.0 Å². The highest BCUT2D eigenvalue weighted by molar-refractivity contribution is 7.15. The third kappa shape index (κ3) is 3.35. The lowest BCUT2D eigenvalue weighted by Gasteiger charge is -2.20. The van der Waals surface area contributed by atoms with E-state index in [1.165, 1.54) is 28.4 Å². The van der Waals surface area contributed by atoms with Crippen LogP contribution in [0, 0.1) is 0 Å². The zero-order valence-corrected chi connectivity index (χ0v) is 14.4. The second-order valence-electron chi connectivity index (χ2n) is 6.55. The summed E-state index contributed by atoms with van der Waals surface area (Å²) in [7, 11) is 2.17. The van der Waals surface area contributed by atoms with Crippen molar-refractivity contribution in [1.82, 2.24) is 9.88 Å². The van der Waals surface area contributed by atoms with Crippen LogP contribution in [-0.2, 0) is 13.0 Å². The first kappa shape index (κ1) is 15.0. The summed E-state index contributed by atoms with van der Waals surface area (Å²) in [5.74, 6) is 1.06. The Bertz CT molecular complexity index is 641. The fourth-order valence-electron chi connectivity index (χ4n) is 3.46. The highest BCUT2D eigenvalue weighted by Crippen LogP contribution is 2.29. The molecule has 1 aromatic carbocycles. The van der Waals surface area contributed by atoms with E-state index in [1.54, 1.807) is 0 Å². The number of hydrogen-bond donors (Lipinski definition) is 0. The van der Waals surface area contributed by atoms with Crippen LogP contribution < -0.4 is 9.64 Å². The molecule has 0 bridgehead atoms. The van der Waals surface area contributed by atoms with Crippen LogP contribution in [0.2, 0.25) is 0 Å². The molecule has 0 saturated carbocycles. The number of likely N-dealkylation sites (N-methyl/N-ethyl adjacent to an activating group) is 1. The Morgan fingerprint density at radius 1 is 1.30 bits per heavy atom. The number of nitrogens with zero attached hydrogens (tertiary/aromatic N) is 3. The van der Waals surface area contributed by atoms with Crippen molar-refractivity contribution in [3.05, 3.63) is 40.9 Å². The minimum absolute atomic E-state index is 0.267. The summed E-state index contributed by atoms with van der Waals surface area (Å²) in [4.78, 5) is 10.7. The molecular weight excluding hydrogens is 306 g/mol. The molecule has 5 heteroatoms. The highest BCUT2D eigenvalue weighted by atomic mass is 32.1. The van der Waals surface area contributed by atoms with Crippen LogP contribution in [0.1, 0.15) is 23.3 Å². The van der Waals surface area contributed by atoms with Crippen LogP contribution >= 0.6 is 11.3 Å². The first-order valence-electron chi connectivity index (χ1n) is 8.41. The van der Waals surface area contributed by atoms with Gasteiger partial charge in [0.05, 0.1) is 0 Å². The van der Waals surface area contributed by atoms with Crippen LogP contribution in [-0.4, -0.2) is 42.7 Å². The van der Waals surface area contributed by atoms with Gasteiger partial charge in [-0.15, -0.1) is 11.3 Å². The Labute approximate surface area is 141 Å². The van der Waals surface area contributed by atoms with E-state index in [4.69, 9.17) is 4.74 Å². The Morgan fingerprint density at radius 2 is 2.13 bits per heavy atom. The van der Waals surface area contributed by atoms with E-state index in [9.17, 15) is 0 Å². The maximum atomic E-state index is 6.04. The highest BCUT2D eigenvalue weighted by Gasteiger charge is 2.24. The van der Waals surface area contributed by atoms with Crippen molar-refractivity contribution < 1.29 is 4.74 Å². The van der Waals surface area contributed by atoms with Gasteiger partial charge in [0.25, 0.3) is 0 Å². The van der Waals surface area contributed by atoms with E-state index >= 15 is 0 Å². The molecule has 4 nitrogen and oxygen atoms in total. The lowest BCUT2D eigenvalue weighted by Crippen LogP contribution is -2.31. The summed E-state index contributed by atoms with van der Waals surface area (Å²) in [6.45, 7) is 4.22. The van der Waals surface area contributed by atoms with Crippen molar-refractivity contribution in [1.29, 1.82) is 0 Å². The molecule has 0 N–H and O–H groups in total. The summed E-state index contributed by atoms with van der Waals surface area (Å²) in [6, 6.07) is 8.37. The zero-order valence-electron chi connectivity index (χ0n) is 13.6. The maximum absolute atomic E-state index is 6.04. The predicted molar refractivity (Wildman–Crippen MR) is 94.5 cm³/mol. The second-order valence-corrected chi connectivity index (χ2v) is 7.65. The van der Waals surface area contributed by atoms with Gasteiger partial charge in [-0.05, 0) is 31.5 Å². The molecule has 3 heterocycles. The standard InChI is InChI=1S/C18H23N3OS/c1-20(12-15-10-14-6-2-3-7-17(14)22-15)13-16-11-19-18(23-16)21-8-4-5-9-21/h2-3,6-7,11,15H,4-5,8-10,12-13H2,1H3/t15-/m1/s1. The lowest BCUT2D eigenvalue weighted by molar-refractivity contribution is 0.165. The number of hydrogen-bond acceptors (Lipinski definition) is 5. The predicted octanol–water partition coefficient (Wildman–Crippen LogP) is 3.18. The van der Waals surface area contributed by atoms with E-state index < -0.39 is 0 Å². The van der Waals surface area contributed by atoms with Crippen molar-refractivity contribution in [3.63, 3.8) is 0 Å². The third-order valence-corrected chi connectivity index (χ3v) is 5.62. The number of rotatable bonds is 5. The molecule has 0 spiro atoms. The quantitative estimate of drug-likeness (QED) is 0.842. The second kappa shape index (κ2) is 6.49. The molecular formula is C18H23N3OS. The van der Waals surface area contributed by atoms with Crippen LogP contribution in [0.25, 0.3) is 0 Å². The molecule has 4 rings (SSSR count). The van der Waals surface area contributed by atoms with Gasteiger partial charge in [-0.25, -0.2) is 4.98 Å². The largest absolute Gasteiger partial charge is 0.488 e. The average molecular weight is 329 g/mol. The fraction of sp³-hybridized carbons (Fsp3) is 0.500. The monoisotopic (exact) mass is 329 g/mol. The van der Waals surface area contributed by atoms with Gasteiger partial charge in [-0.3, -0.25) is 4.90 Å². The van der Waals surface area contributed by atoms with Crippen molar-refractivity contribution in [3.8, 4) is 5.75 Å². The van der Waals surface area contributed by atoms with Crippen molar-refractivity contribution >= 4 is 16.5 Å². The number of anilines is 1.